The molecule has 1 aliphatic rings. The van der Waals surface area contributed by atoms with Crippen LogP contribution in [0.15, 0.2) is 48.5 Å². The number of amides is 1. The zero-order valence-corrected chi connectivity index (χ0v) is 15.4. The lowest BCUT2D eigenvalue weighted by molar-refractivity contribution is -0.126. The first-order valence-electron chi connectivity index (χ1n) is 9.01. The lowest BCUT2D eigenvalue weighted by Crippen LogP contribution is -2.38. The lowest BCUT2D eigenvalue weighted by atomic mass is 9.96. The number of ether oxygens (including phenoxy) is 2. The molecule has 1 aliphatic heterocycles. The number of carbonyl (C=O) groups excluding carboxylic acids is 1. The van der Waals surface area contributed by atoms with Crippen molar-refractivity contribution in [2.45, 2.75) is 12.8 Å². The van der Waals surface area contributed by atoms with Gasteiger partial charge in [0.05, 0.1) is 13.0 Å². The first-order valence-corrected chi connectivity index (χ1v) is 9.01. The van der Waals surface area contributed by atoms with E-state index in [0.29, 0.717) is 19.6 Å². The number of carbonyl (C=O) groups is 1. The summed E-state index contributed by atoms with van der Waals surface area (Å²) >= 11 is 0. The quantitative estimate of drug-likeness (QED) is 0.777. The van der Waals surface area contributed by atoms with Crippen molar-refractivity contribution in [3.63, 3.8) is 0 Å². The van der Waals surface area contributed by atoms with E-state index in [1.165, 1.54) is 5.69 Å². The third-order valence-electron chi connectivity index (χ3n) is 4.72. The molecule has 0 spiro atoms. The summed E-state index contributed by atoms with van der Waals surface area (Å²) in [5.74, 6) is 1.52. The highest BCUT2D eigenvalue weighted by Crippen LogP contribution is 2.31. The fraction of sp³-hybridized carbons (Fsp3) is 0.381. The average molecular weight is 354 g/mol. The first-order chi connectivity index (χ1) is 12.7. The summed E-state index contributed by atoms with van der Waals surface area (Å²) in [4.78, 5) is 14.6. The summed E-state index contributed by atoms with van der Waals surface area (Å²) in [7, 11) is 3.70. The Kier molecular flexibility index (Phi) is 6.00. The van der Waals surface area contributed by atoms with Crippen molar-refractivity contribution in [3.8, 4) is 11.5 Å². The Hall–Kier alpha value is -2.69. The van der Waals surface area contributed by atoms with E-state index in [9.17, 15) is 4.79 Å². The molecule has 1 heterocycles. The molecule has 0 bridgehead atoms. The summed E-state index contributed by atoms with van der Waals surface area (Å²) in [5.41, 5.74) is 2.24. The van der Waals surface area contributed by atoms with Gasteiger partial charge in [0, 0.05) is 31.9 Å². The van der Waals surface area contributed by atoms with E-state index in [1.807, 2.05) is 36.4 Å². The summed E-state index contributed by atoms with van der Waals surface area (Å²) in [6, 6.07) is 16.0. The lowest BCUT2D eigenvalue weighted by Gasteiger charge is -2.25. The van der Waals surface area contributed by atoms with Crippen molar-refractivity contribution in [1.82, 2.24) is 5.32 Å². The van der Waals surface area contributed by atoms with E-state index in [2.05, 4.69) is 29.4 Å². The molecule has 2 aromatic rings. The van der Waals surface area contributed by atoms with Crippen molar-refractivity contribution in [1.29, 1.82) is 0 Å². The normalized spacial score (nSPS) is 15.5. The Labute approximate surface area is 154 Å². The van der Waals surface area contributed by atoms with Crippen LogP contribution in [0.4, 0.5) is 5.69 Å². The minimum Gasteiger partial charge on any atom is -0.497 e. The van der Waals surface area contributed by atoms with Crippen LogP contribution in [0.1, 0.15) is 12.0 Å². The smallest absolute Gasteiger partial charge is 0.226 e. The number of methoxy groups -OCH3 is 1. The number of anilines is 1. The van der Waals surface area contributed by atoms with Crippen LogP contribution in [0, 0.1) is 5.92 Å². The van der Waals surface area contributed by atoms with Crippen molar-refractivity contribution >= 4 is 11.6 Å². The van der Waals surface area contributed by atoms with Crippen LogP contribution in [0.25, 0.3) is 0 Å². The summed E-state index contributed by atoms with van der Waals surface area (Å²) in [6.45, 7) is 1.98. The van der Waals surface area contributed by atoms with Crippen molar-refractivity contribution < 1.29 is 14.3 Å². The highest BCUT2D eigenvalue weighted by Gasteiger charge is 2.26. The van der Waals surface area contributed by atoms with Crippen LogP contribution < -0.4 is 19.7 Å². The third-order valence-corrected chi connectivity index (χ3v) is 4.72. The van der Waals surface area contributed by atoms with E-state index >= 15 is 0 Å². The molecule has 0 aromatic heterocycles. The van der Waals surface area contributed by atoms with E-state index in [4.69, 9.17) is 9.47 Å². The molecule has 26 heavy (non-hydrogen) atoms. The van der Waals surface area contributed by atoms with Crippen LogP contribution in [0.5, 0.6) is 11.5 Å². The molecule has 3 rings (SSSR count). The van der Waals surface area contributed by atoms with Crippen LogP contribution in [0.3, 0.4) is 0 Å². The Morgan fingerprint density at radius 2 is 2.08 bits per heavy atom. The van der Waals surface area contributed by atoms with E-state index in [0.717, 1.165) is 30.0 Å². The van der Waals surface area contributed by atoms with E-state index in [1.54, 1.807) is 7.11 Å². The monoisotopic (exact) mass is 354 g/mol. The fourth-order valence-corrected chi connectivity index (χ4v) is 3.13. The first kappa shape index (κ1) is 18.1. The van der Waals surface area contributed by atoms with Crippen LogP contribution in [-0.4, -0.2) is 39.8 Å². The second-order valence-corrected chi connectivity index (χ2v) is 6.59. The maximum atomic E-state index is 12.4. The van der Waals surface area contributed by atoms with Crippen LogP contribution >= 0.6 is 0 Å². The maximum Gasteiger partial charge on any atom is 0.226 e. The van der Waals surface area contributed by atoms with Gasteiger partial charge in [0.25, 0.3) is 0 Å². The predicted octanol–water partition coefficient (Wildman–Crippen LogP) is 2.89. The van der Waals surface area contributed by atoms with E-state index < -0.39 is 0 Å². The highest BCUT2D eigenvalue weighted by molar-refractivity contribution is 5.79. The van der Waals surface area contributed by atoms with Crippen molar-refractivity contribution in [3.05, 3.63) is 54.1 Å². The topological polar surface area (TPSA) is 50.8 Å². The van der Waals surface area contributed by atoms with Crippen LogP contribution in [0.2, 0.25) is 0 Å². The van der Waals surface area contributed by atoms with Gasteiger partial charge in [-0.3, -0.25) is 4.79 Å². The van der Waals surface area contributed by atoms with Gasteiger partial charge in [-0.15, -0.1) is 0 Å². The van der Waals surface area contributed by atoms with Gasteiger partial charge in [-0.25, -0.2) is 0 Å². The number of para-hydroxylation sites is 1. The molecule has 1 N–H and O–H groups in total. The summed E-state index contributed by atoms with van der Waals surface area (Å²) in [5, 5.41) is 3.04. The zero-order chi connectivity index (χ0) is 18.4. The number of benzene rings is 2. The van der Waals surface area contributed by atoms with Gasteiger partial charge in [0.15, 0.2) is 0 Å². The average Bonchev–Trinajstić information content (AvgIpc) is 2.70. The third kappa shape index (κ3) is 4.48. The minimum atomic E-state index is -0.136. The molecule has 5 nitrogen and oxygen atoms in total. The number of fused-ring (bicyclic) bond motifs is 1. The molecule has 0 saturated carbocycles. The maximum absolute atomic E-state index is 12.4. The highest BCUT2D eigenvalue weighted by atomic mass is 16.5. The van der Waals surface area contributed by atoms with Gasteiger partial charge in [-0.1, -0.05) is 24.3 Å². The number of nitrogens with one attached hydrogen (secondary N) is 1. The SMILES string of the molecule is COc1ccc2c(c1)OCC(C(=O)NCCCN(C)c1ccccc1)C2. The van der Waals surface area contributed by atoms with Gasteiger partial charge in [-0.2, -0.15) is 0 Å². The molecule has 0 radical (unpaired) electrons. The zero-order valence-electron chi connectivity index (χ0n) is 15.4. The predicted molar refractivity (Wildman–Crippen MR) is 103 cm³/mol. The number of hydrogen-bond acceptors (Lipinski definition) is 4. The standard InChI is InChI=1S/C21H26N2O3/c1-23(18-7-4-3-5-8-18)12-6-11-22-21(24)17-13-16-9-10-19(25-2)14-20(16)26-15-17/h3-5,7-10,14,17H,6,11-13,15H2,1-2H3,(H,22,24). The van der Waals surface area contributed by atoms with Gasteiger partial charge < -0.3 is 19.7 Å². The van der Waals surface area contributed by atoms with Gasteiger partial charge in [-0.05, 0) is 36.6 Å². The molecule has 5 heteroatoms. The Morgan fingerprint density at radius 3 is 2.85 bits per heavy atom. The Balaban J connectivity index is 1.43. The van der Waals surface area contributed by atoms with E-state index in [-0.39, 0.29) is 11.8 Å². The second-order valence-electron chi connectivity index (χ2n) is 6.59. The molecule has 0 aliphatic carbocycles. The van der Waals surface area contributed by atoms with Gasteiger partial charge in [0.2, 0.25) is 5.91 Å². The summed E-state index contributed by atoms with van der Waals surface area (Å²) in [6.07, 6.45) is 1.60. The number of nitrogens with zero attached hydrogens (tertiary/aromatic N) is 1. The Bertz CT molecular complexity index is 733. The van der Waals surface area contributed by atoms with Crippen molar-refractivity contribution in [2.24, 2.45) is 5.92 Å². The molecular weight excluding hydrogens is 328 g/mol. The fourth-order valence-electron chi connectivity index (χ4n) is 3.13. The molecular formula is C21H26N2O3. The molecule has 1 atom stereocenters. The molecule has 1 amide bonds. The van der Waals surface area contributed by atoms with Gasteiger partial charge >= 0.3 is 0 Å². The second kappa shape index (κ2) is 8.61. The number of hydrogen-bond donors (Lipinski definition) is 1. The van der Waals surface area contributed by atoms with Gasteiger partial charge in [0.1, 0.15) is 18.1 Å². The molecule has 138 valence electrons. The molecule has 1 unspecified atom stereocenters. The minimum absolute atomic E-state index is 0.0637. The molecule has 0 saturated heterocycles. The summed E-state index contributed by atoms with van der Waals surface area (Å²) < 4.78 is 11.0. The van der Waals surface area contributed by atoms with Crippen molar-refractivity contribution in [2.75, 3.05) is 38.8 Å². The van der Waals surface area contributed by atoms with Crippen LogP contribution in [-0.2, 0) is 11.2 Å². The largest absolute Gasteiger partial charge is 0.497 e. The number of rotatable bonds is 7. The molecule has 0 fully saturated rings. The Morgan fingerprint density at radius 1 is 1.27 bits per heavy atom. The molecule has 2 aromatic carbocycles.